The predicted octanol–water partition coefficient (Wildman–Crippen LogP) is 2.56. The van der Waals surface area contributed by atoms with Gasteiger partial charge in [0, 0.05) is 11.6 Å². The summed E-state index contributed by atoms with van der Waals surface area (Å²) in [5.74, 6) is -3.26. The third-order valence-electron chi connectivity index (χ3n) is 4.05. The highest BCUT2D eigenvalue weighted by Crippen LogP contribution is 2.44. The molecule has 2 aliphatic heterocycles. The van der Waals surface area contributed by atoms with E-state index in [1.807, 2.05) is 0 Å². The number of hydrogen-bond acceptors (Lipinski definition) is 11. The lowest BCUT2D eigenvalue weighted by molar-refractivity contribution is -0.0511. The summed E-state index contributed by atoms with van der Waals surface area (Å²) in [6.07, 6.45) is -0.314. The molecule has 12 nitrogen and oxygen atoms in total. The Morgan fingerprint density at radius 3 is 2.53 bits per heavy atom. The van der Waals surface area contributed by atoms with Crippen LogP contribution >= 0.6 is 0 Å². The molecule has 0 N–H and O–H groups in total. The number of fused-ring (bicyclic) bond motifs is 1. The van der Waals surface area contributed by atoms with Gasteiger partial charge in [-0.05, 0) is 18.6 Å². The Kier molecular flexibility index (Phi) is 6.79. The number of hydrogen-bond donors (Lipinski definition) is 0. The number of benzene rings is 1. The molecule has 0 aromatic heterocycles. The normalized spacial score (nSPS) is 17.2. The molecule has 0 atom stereocenters. The molecular formula is C17H16F3NO11S2. The van der Waals surface area contributed by atoms with Crippen molar-refractivity contribution in [2.45, 2.75) is 23.7 Å². The van der Waals surface area contributed by atoms with Gasteiger partial charge in [0.2, 0.25) is 18.4 Å². The largest absolute Gasteiger partial charge is 0.534 e. The van der Waals surface area contributed by atoms with Gasteiger partial charge in [-0.1, -0.05) is 6.92 Å². The van der Waals surface area contributed by atoms with E-state index in [1.54, 1.807) is 6.92 Å². The standard InChI is InChI=1S/C17H16F3NO11S2/c1-3-6-29-10-4-5-11-12(7-10)33(23,24)21(13-8-28-9-30-13)15(31-16(22)27-2)14(11)32-34(25,26)17(18,19)20/h4-5,7-8H,3,6,9H2,1-2H3. The zero-order valence-corrected chi connectivity index (χ0v) is 19.0. The van der Waals surface area contributed by atoms with Gasteiger partial charge in [0.25, 0.3) is 15.9 Å². The predicted molar refractivity (Wildman–Crippen MR) is 103 cm³/mol. The average molecular weight is 531 g/mol. The van der Waals surface area contributed by atoms with Crippen LogP contribution < -0.4 is 4.74 Å². The maximum Gasteiger partial charge on any atom is 0.534 e. The van der Waals surface area contributed by atoms with Crippen molar-refractivity contribution in [1.29, 1.82) is 0 Å². The zero-order chi connectivity index (χ0) is 25.3. The summed E-state index contributed by atoms with van der Waals surface area (Å²) in [7, 11) is -10.3. The Morgan fingerprint density at radius 2 is 1.97 bits per heavy atom. The van der Waals surface area contributed by atoms with Crippen LogP contribution in [0, 0.1) is 0 Å². The molecule has 1 aromatic carbocycles. The van der Waals surface area contributed by atoms with Crippen LogP contribution in [0.2, 0.25) is 0 Å². The highest BCUT2D eigenvalue weighted by Gasteiger charge is 2.52. The highest BCUT2D eigenvalue weighted by atomic mass is 32.2. The molecule has 0 radical (unpaired) electrons. The zero-order valence-electron chi connectivity index (χ0n) is 17.3. The molecule has 0 amide bonds. The Bertz CT molecular complexity index is 1250. The van der Waals surface area contributed by atoms with Crippen molar-refractivity contribution in [3.8, 4) is 5.75 Å². The van der Waals surface area contributed by atoms with Crippen molar-refractivity contribution in [3.05, 3.63) is 41.8 Å². The minimum absolute atomic E-state index is 0.00272. The summed E-state index contributed by atoms with van der Waals surface area (Å²) in [5, 5.41) is 0. The van der Waals surface area contributed by atoms with E-state index in [4.69, 9.17) is 18.9 Å². The van der Waals surface area contributed by atoms with E-state index in [-0.39, 0.29) is 16.7 Å². The van der Waals surface area contributed by atoms with E-state index in [2.05, 4.69) is 8.92 Å². The SMILES string of the molecule is CCCOc1ccc2c(c1)S(=O)(=O)N(C1=COCO1)C(OC(=O)OC)=C2OS(=O)(=O)C(F)(F)F. The van der Waals surface area contributed by atoms with Crippen LogP contribution in [0.5, 0.6) is 5.75 Å². The molecule has 0 unspecified atom stereocenters. The monoisotopic (exact) mass is 531 g/mol. The third kappa shape index (κ3) is 4.65. The fourth-order valence-electron chi connectivity index (χ4n) is 2.63. The number of carbonyl (C=O) groups excluding carboxylic acids is 1. The number of carbonyl (C=O) groups is 1. The maximum atomic E-state index is 13.4. The number of halogens is 3. The number of alkyl halides is 3. The molecule has 0 spiro atoms. The van der Waals surface area contributed by atoms with Crippen molar-refractivity contribution < 1.29 is 62.7 Å². The van der Waals surface area contributed by atoms with Gasteiger partial charge >= 0.3 is 21.8 Å². The van der Waals surface area contributed by atoms with E-state index in [0.717, 1.165) is 31.6 Å². The fraction of sp³-hybridized carbons (Fsp3) is 0.353. The van der Waals surface area contributed by atoms with Crippen LogP contribution in [0.1, 0.15) is 18.9 Å². The molecule has 0 aliphatic carbocycles. The summed E-state index contributed by atoms with van der Waals surface area (Å²) in [6.45, 7) is 1.44. The lowest BCUT2D eigenvalue weighted by Crippen LogP contribution is -2.38. The van der Waals surface area contributed by atoms with Gasteiger partial charge in [-0.25, -0.2) is 13.2 Å². The quantitative estimate of drug-likeness (QED) is 0.291. The highest BCUT2D eigenvalue weighted by molar-refractivity contribution is 7.89. The lowest BCUT2D eigenvalue weighted by atomic mass is 10.1. The molecule has 1 aromatic rings. The van der Waals surface area contributed by atoms with Gasteiger partial charge in [-0.15, -0.1) is 0 Å². The first-order chi connectivity index (χ1) is 15.8. The first kappa shape index (κ1) is 25.3. The topological polar surface area (TPSA) is 144 Å². The maximum absolute atomic E-state index is 13.4. The fourth-order valence-corrected chi connectivity index (χ4v) is 4.68. The minimum Gasteiger partial charge on any atom is -0.494 e. The summed E-state index contributed by atoms with van der Waals surface area (Å²) in [5.41, 5.74) is -6.58. The first-order valence-electron chi connectivity index (χ1n) is 9.11. The van der Waals surface area contributed by atoms with Crippen LogP contribution in [-0.2, 0) is 43.3 Å². The van der Waals surface area contributed by atoms with Gasteiger partial charge < -0.3 is 27.9 Å². The van der Waals surface area contributed by atoms with E-state index < -0.39 is 66.6 Å². The van der Waals surface area contributed by atoms with Crippen LogP contribution in [0.4, 0.5) is 18.0 Å². The molecule has 17 heteroatoms. The van der Waals surface area contributed by atoms with Crippen LogP contribution in [0.25, 0.3) is 5.76 Å². The van der Waals surface area contributed by atoms with Crippen LogP contribution in [-0.4, -0.2) is 53.3 Å². The Labute approximate surface area is 191 Å². The lowest BCUT2D eigenvalue weighted by Gasteiger charge is -2.31. The molecular weight excluding hydrogens is 515 g/mol. The molecule has 34 heavy (non-hydrogen) atoms. The van der Waals surface area contributed by atoms with Crippen LogP contribution in [0.3, 0.4) is 0 Å². The van der Waals surface area contributed by atoms with Crippen molar-refractivity contribution in [2.75, 3.05) is 20.5 Å². The molecule has 0 saturated heterocycles. The smallest absolute Gasteiger partial charge is 0.494 e. The van der Waals surface area contributed by atoms with E-state index in [1.165, 1.54) is 0 Å². The van der Waals surface area contributed by atoms with Crippen molar-refractivity contribution >= 4 is 32.1 Å². The molecule has 3 rings (SSSR count). The summed E-state index contributed by atoms with van der Waals surface area (Å²) in [6, 6.07) is 3.02. The summed E-state index contributed by atoms with van der Waals surface area (Å²) in [4.78, 5) is 11.1. The number of nitrogens with zero attached hydrogens (tertiary/aromatic N) is 1. The summed E-state index contributed by atoms with van der Waals surface area (Å²) < 4.78 is 118. The molecule has 0 fully saturated rings. The van der Waals surface area contributed by atoms with Crippen LogP contribution in [0.15, 0.2) is 41.1 Å². The van der Waals surface area contributed by atoms with E-state index in [9.17, 15) is 34.8 Å². The second-order valence-electron chi connectivity index (χ2n) is 6.33. The number of ether oxygens (including phenoxy) is 5. The molecule has 2 aliphatic rings. The molecule has 0 bridgehead atoms. The van der Waals surface area contributed by atoms with Crippen molar-refractivity contribution in [2.24, 2.45) is 0 Å². The second kappa shape index (κ2) is 9.13. The minimum atomic E-state index is -6.36. The van der Waals surface area contributed by atoms with Gasteiger partial charge in [-0.2, -0.15) is 25.9 Å². The third-order valence-corrected chi connectivity index (χ3v) is 6.72. The Balaban J connectivity index is 2.34. The number of methoxy groups -OCH3 is 1. The van der Waals surface area contributed by atoms with Gasteiger partial charge in [0.05, 0.1) is 13.7 Å². The van der Waals surface area contributed by atoms with Gasteiger partial charge in [0.15, 0.2) is 0 Å². The molecule has 2 heterocycles. The Morgan fingerprint density at radius 1 is 1.26 bits per heavy atom. The number of sulfonamides is 1. The van der Waals surface area contributed by atoms with Gasteiger partial charge in [0.1, 0.15) is 16.9 Å². The van der Waals surface area contributed by atoms with Crippen molar-refractivity contribution in [3.63, 3.8) is 0 Å². The Hall–Kier alpha value is -3.34. The van der Waals surface area contributed by atoms with E-state index >= 15 is 0 Å². The number of rotatable bonds is 7. The first-order valence-corrected chi connectivity index (χ1v) is 12.0. The molecule has 0 saturated carbocycles. The average Bonchev–Trinajstić information content (AvgIpc) is 3.28. The van der Waals surface area contributed by atoms with E-state index in [0.29, 0.717) is 6.42 Å². The van der Waals surface area contributed by atoms with Gasteiger partial charge in [-0.3, -0.25) is 0 Å². The molecule has 188 valence electrons. The van der Waals surface area contributed by atoms with Crippen molar-refractivity contribution in [1.82, 2.24) is 4.31 Å². The second-order valence-corrected chi connectivity index (χ2v) is 9.63. The summed E-state index contributed by atoms with van der Waals surface area (Å²) >= 11 is 0.